The van der Waals surface area contributed by atoms with Gasteiger partial charge in [-0.25, -0.2) is 35.2 Å². The predicted octanol–water partition coefficient (Wildman–Crippen LogP) is 1.52. The zero-order valence-corrected chi connectivity index (χ0v) is 22.8. The lowest BCUT2D eigenvalue weighted by Gasteiger charge is -2.30. The van der Waals surface area contributed by atoms with Crippen LogP contribution in [0.1, 0.15) is 30.1 Å². The number of hydrogen-bond acceptors (Lipinski definition) is 8. The van der Waals surface area contributed by atoms with Crippen LogP contribution in [-0.4, -0.2) is 77.6 Å². The van der Waals surface area contributed by atoms with Crippen LogP contribution in [-0.2, 0) is 26.6 Å². The molecule has 2 aromatic carbocycles. The van der Waals surface area contributed by atoms with Crippen LogP contribution in [0.15, 0.2) is 63.1 Å². The van der Waals surface area contributed by atoms with Gasteiger partial charge in [0, 0.05) is 33.1 Å². The number of rotatable bonds is 7. The lowest BCUT2D eigenvalue weighted by molar-refractivity contribution is 0.313. The van der Waals surface area contributed by atoms with E-state index in [1.807, 2.05) is 0 Å². The van der Waals surface area contributed by atoms with Gasteiger partial charge in [-0.2, -0.15) is 4.31 Å². The van der Waals surface area contributed by atoms with Gasteiger partial charge in [-0.15, -0.1) is 5.10 Å². The average Bonchev–Trinajstić information content (AvgIpc) is 3.33. The summed E-state index contributed by atoms with van der Waals surface area (Å²) in [6, 6.07) is 11.0. The van der Waals surface area contributed by atoms with Gasteiger partial charge >= 0.3 is 0 Å². The molecular formula is C24H26FN7O5S2. The number of aromatic amines is 1. The van der Waals surface area contributed by atoms with Gasteiger partial charge in [0.1, 0.15) is 11.6 Å². The Kier molecular flexibility index (Phi) is 7.09. The Morgan fingerprint density at radius 2 is 1.59 bits per heavy atom. The number of nitrogens with one attached hydrogen (secondary N) is 1. The summed E-state index contributed by atoms with van der Waals surface area (Å²) in [5, 5.41) is 7.96. The molecule has 0 bridgehead atoms. The Labute approximate surface area is 224 Å². The molecule has 12 nitrogen and oxygen atoms in total. The van der Waals surface area contributed by atoms with Gasteiger partial charge in [0.15, 0.2) is 11.2 Å². The van der Waals surface area contributed by atoms with E-state index in [2.05, 4.69) is 20.3 Å². The zero-order valence-electron chi connectivity index (χ0n) is 21.2. The third-order valence-corrected chi connectivity index (χ3v) is 10.5. The van der Waals surface area contributed by atoms with Crippen molar-refractivity contribution in [2.24, 2.45) is 0 Å². The first-order valence-electron chi connectivity index (χ1n) is 12.1. The highest BCUT2D eigenvalue weighted by molar-refractivity contribution is 7.89. The van der Waals surface area contributed by atoms with Crippen molar-refractivity contribution in [1.29, 1.82) is 0 Å². The maximum atomic E-state index is 13.3. The highest BCUT2D eigenvalue weighted by Gasteiger charge is 2.32. The van der Waals surface area contributed by atoms with Gasteiger partial charge in [0.05, 0.1) is 16.3 Å². The summed E-state index contributed by atoms with van der Waals surface area (Å²) in [5.74, 6) is -0.137. The van der Waals surface area contributed by atoms with Crippen molar-refractivity contribution >= 4 is 31.2 Å². The summed E-state index contributed by atoms with van der Waals surface area (Å²) in [6.07, 6.45) is 0.834. The third-order valence-electron chi connectivity index (χ3n) is 6.72. The van der Waals surface area contributed by atoms with E-state index in [4.69, 9.17) is 0 Å². The van der Waals surface area contributed by atoms with Crippen molar-refractivity contribution < 1.29 is 21.2 Å². The molecule has 4 aromatic rings. The van der Waals surface area contributed by atoms with Crippen molar-refractivity contribution in [2.75, 3.05) is 27.2 Å². The van der Waals surface area contributed by atoms with Crippen molar-refractivity contribution in [3.8, 4) is 0 Å². The van der Waals surface area contributed by atoms with Crippen LogP contribution < -0.4 is 5.56 Å². The fraction of sp³-hybridized carbons (Fsp3) is 0.333. The van der Waals surface area contributed by atoms with Gasteiger partial charge in [0.2, 0.25) is 20.0 Å². The first-order chi connectivity index (χ1) is 18.5. The molecule has 15 heteroatoms. The van der Waals surface area contributed by atoms with Gasteiger partial charge in [-0.05, 0) is 54.8 Å². The van der Waals surface area contributed by atoms with Crippen LogP contribution in [0.4, 0.5) is 4.39 Å². The van der Waals surface area contributed by atoms with Gasteiger partial charge in [0.25, 0.3) is 5.56 Å². The Balaban J connectivity index is 1.32. The topological polar surface area (TPSA) is 151 Å². The molecule has 0 spiro atoms. The van der Waals surface area contributed by atoms with E-state index in [1.54, 1.807) is 12.1 Å². The molecule has 0 saturated carbocycles. The van der Waals surface area contributed by atoms with Crippen LogP contribution in [0.5, 0.6) is 0 Å². The van der Waals surface area contributed by atoms with Gasteiger partial charge < -0.3 is 4.98 Å². The minimum atomic E-state index is -3.85. The highest BCUT2D eigenvalue weighted by atomic mass is 32.2. The molecule has 3 heterocycles. The predicted molar refractivity (Wildman–Crippen MR) is 139 cm³/mol. The SMILES string of the molecule is CN(C)S(=O)(=O)c1ccc(S(=O)(=O)N2CCC(c3nc4c(nnn4Cc4ccc(F)cc4)c(=O)[nH]3)CC2)cc1. The summed E-state index contributed by atoms with van der Waals surface area (Å²) in [7, 11) is -4.72. The third kappa shape index (κ3) is 5.22. The van der Waals surface area contributed by atoms with E-state index in [1.165, 1.54) is 59.5 Å². The molecule has 1 aliphatic heterocycles. The van der Waals surface area contributed by atoms with Crippen molar-refractivity contribution in [2.45, 2.75) is 35.1 Å². The van der Waals surface area contributed by atoms with E-state index in [-0.39, 0.29) is 46.7 Å². The molecule has 39 heavy (non-hydrogen) atoms. The Morgan fingerprint density at radius 3 is 2.21 bits per heavy atom. The molecule has 0 amide bonds. The Bertz CT molecular complexity index is 1780. The number of fused-ring (bicyclic) bond motifs is 1. The lowest BCUT2D eigenvalue weighted by Crippen LogP contribution is -2.38. The molecule has 2 aromatic heterocycles. The monoisotopic (exact) mass is 575 g/mol. The normalized spacial score (nSPS) is 15.8. The van der Waals surface area contributed by atoms with Crippen LogP contribution in [0.3, 0.4) is 0 Å². The number of halogens is 1. The number of nitrogens with zero attached hydrogens (tertiary/aromatic N) is 6. The molecular weight excluding hydrogens is 549 g/mol. The lowest BCUT2D eigenvalue weighted by atomic mass is 9.97. The second-order valence-corrected chi connectivity index (χ2v) is 13.5. The molecule has 0 atom stereocenters. The number of hydrogen-bond donors (Lipinski definition) is 1. The summed E-state index contributed by atoms with van der Waals surface area (Å²) in [6.45, 7) is 0.636. The summed E-state index contributed by atoms with van der Waals surface area (Å²) < 4.78 is 68.1. The molecule has 0 aliphatic carbocycles. The minimum absolute atomic E-state index is 0.00220. The Morgan fingerprint density at radius 1 is 0.974 bits per heavy atom. The smallest absolute Gasteiger partial charge is 0.281 e. The maximum absolute atomic E-state index is 13.3. The molecule has 0 unspecified atom stereocenters. The van der Waals surface area contributed by atoms with Crippen LogP contribution in [0.25, 0.3) is 11.2 Å². The first-order valence-corrected chi connectivity index (χ1v) is 15.0. The van der Waals surface area contributed by atoms with E-state index >= 15 is 0 Å². The van der Waals surface area contributed by atoms with Crippen molar-refractivity contribution in [1.82, 2.24) is 33.6 Å². The quantitative estimate of drug-likeness (QED) is 0.348. The largest absolute Gasteiger partial charge is 0.308 e. The minimum Gasteiger partial charge on any atom is -0.308 e. The fourth-order valence-corrected chi connectivity index (χ4v) is 6.83. The maximum Gasteiger partial charge on any atom is 0.281 e. The number of H-pyrrole nitrogens is 1. The second-order valence-electron chi connectivity index (χ2n) is 9.43. The number of sulfonamides is 2. The summed E-state index contributed by atoms with van der Waals surface area (Å²) in [5.41, 5.74) is 0.697. The second kappa shape index (κ2) is 10.2. The molecule has 5 rings (SSSR count). The molecule has 0 radical (unpaired) electrons. The molecule has 1 N–H and O–H groups in total. The standard InChI is InChI=1S/C24H26FN7O5S2/c1-30(2)38(34,35)19-7-9-20(10-8-19)39(36,37)31-13-11-17(12-14-31)22-26-23-21(24(33)27-22)28-29-32(23)15-16-3-5-18(25)6-4-16/h3-10,17H,11-15H2,1-2H3,(H,26,27,33). The van der Waals surface area contributed by atoms with E-state index in [0.717, 1.165) is 9.87 Å². The number of aromatic nitrogens is 5. The highest BCUT2D eigenvalue weighted by Crippen LogP contribution is 2.29. The van der Waals surface area contributed by atoms with E-state index in [0.29, 0.717) is 24.3 Å². The average molecular weight is 576 g/mol. The van der Waals surface area contributed by atoms with Gasteiger partial charge in [-0.3, -0.25) is 4.79 Å². The van der Waals surface area contributed by atoms with Crippen LogP contribution in [0, 0.1) is 5.82 Å². The van der Waals surface area contributed by atoms with E-state index < -0.39 is 25.6 Å². The van der Waals surface area contributed by atoms with Crippen molar-refractivity contribution in [3.05, 3.63) is 76.1 Å². The summed E-state index contributed by atoms with van der Waals surface area (Å²) >= 11 is 0. The zero-order chi connectivity index (χ0) is 27.9. The molecule has 206 valence electrons. The van der Waals surface area contributed by atoms with E-state index in [9.17, 15) is 26.0 Å². The van der Waals surface area contributed by atoms with Gasteiger partial charge in [-0.1, -0.05) is 17.3 Å². The fourth-order valence-electron chi connectivity index (χ4n) is 4.46. The first kappa shape index (κ1) is 27.1. The molecule has 1 aliphatic rings. The Hall–Kier alpha value is -3.53. The molecule has 1 saturated heterocycles. The number of benzene rings is 2. The number of piperidine rings is 1. The molecule has 1 fully saturated rings. The summed E-state index contributed by atoms with van der Waals surface area (Å²) in [4.78, 5) is 20.1. The van der Waals surface area contributed by atoms with Crippen molar-refractivity contribution in [3.63, 3.8) is 0 Å². The van der Waals surface area contributed by atoms with Crippen LogP contribution in [0.2, 0.25) is 0 Å². The van der Waals surface area contributed by atoms with Crippen LogP contribution >= 0.6 is 0 Å².